The van der Waals surface area contributed by atoms with E-state index < -0.39 is 0 Å². The summed E-state index contributed by atoms with van der Waals surface area (Å²) in [6.07, 6.45) is 13.2. The summed E-state index contributed by atoms with van der Waals surface area (Å²) in [5.74, 6) is 0.665. The number of rotatable bonds is 7. The van der Waals surface area contributed by atoms with Crippen molar-refractivity contribution < 1.29 is 4.42 Å². The third kappa shape index (κ3) is 5.37. The minimum atomic E-state index is 0.665. The van der Waals surface area contributed by atoms with Crippen molar-refractivity contribution in [2.75, 3.05) is 19.6 Å². The predicted molar refractivity (Wildman–Crippen MR) is 154 cm³/mol. The monoisotopic (exact) mass is 480 g/mol. The van der Waals surface area contributed by atoms with Crippen LogP contribution in [0.3, 0.4) is 0 Å². The molecule has 5 aromatic rings. The van der Waals surface area contributed by atoms with Gasteiger partial charge in [0, 0.05) is 34.4 Å². The first-order chi connectivity index (χ1) is 17.8. The number of nitrogens with one attached hydrogen (secondary N) is 1. The third-order valence-electron chi connectivity index (χ3n) is 7.85. The van der Waals surface area contributed by atoms with E-state index in [4.69, 9.17) is 4.42 Å². The quantitative estimate of drug-likeness (QED) is 0.236. The molecule has 6 rings (SSSR count). The van der Waals surface area contributed by atoms with Gasteiger partial charge >= 0.3 is 0 Å². The number of H-pyrrole nitrogens is 1. The predicted octanol–water partition coefficient (Wildman–Crippen LogP) is 9.08. The number of piperidine rings is 1. The van der Waals surface area contributed by atoms with Crippen LogP contribution in [0.25, 0.3) is 32.6 Å². The Hall–Kier alpha value is -3.04. The fourth-order valence-electron chi connectivity index (χ4n) is 5.69. The fraction of sp³-hybridized carbons (Fsp3) is 0.394. The first-order valence-corrected chi connectivity index (χ1v) is 13.9. The Labute approximate surface area is 215 Å². The lowest BCUT2D eigenvalue weighted by atomic mass is 9.89. The lowest BCUT2D eigenvalue weighted by Gasteiger charge is -2.31. The average molecular weight is 481 g/mol. The topological polar surface area (TPSA) is 32.2 Å². The highest BCUT2D eigenvalue weighted by atomic mass is 16.3. The molecule has 1 N–H and O–H groups in total. The third-order valence-corrected chi connectivity index (χ3v) is 7.85. The zero-order valence-electron chi connectivity index (χ0n) is 21.9. The van der Waals surface area contributed by atoms with Crippen LogP contribution in [0.2, 0.25) is 0 Å². The van der Waals surface area contributed by atoms with Crippen molar-refractivity contribution in [3.8, 4) is 0 Å². The summed E-state index contributed by atoms with van der Waals surface area (Å²) in [6, 6.07) is 21.6. The molecule has 2 aromatic heterocycles. The molecule has 0 aliphatic carbocycles. The lowest BCUT2D eigenvalue weighted by molar-refractivity contribution is 0.215. The average Bonchev–Trinajstić information content (AvgIpc) is 3.56. The Morgan fingerprint density at radius 2 is 1.56 bits per heavy atom. The Bertz CT molecular complexity index is 1380. The molecule has 0 bridgehead atoms. The van der Waals surface area contributed by atoms with Gasteiger partial charge in [-0.2, -0.15) is 0 Å². The van der Waals surface area contributed by atoms with Crippen molar-refractivity contribution >= 4 is 32.6 Å². The van der Waals surface area contributed by atoms with Crippen LogP contribution >= 0.6 is 0 Å². The van der Waals surface area contributed by atoms with E-state index in [0.29, 0.717) is 5.92 Å². The normalized spacial score (nSPS) is 14.9. The minimum absolute atomic E-state index is 0.665. The van der Waals surface area contributed by atoms with Crippen LogP contribution in [0.15, 0.2) is 77.5 Å². The van der Waals surface area contributed by atoms with Crippen molar-refractivity contribution in [2.45, 2.75) is 64.7 Å². The second-order valence-electron chi connectivity index (χ2n) is 10.3. The van der Waals surface area contributed by atoms with Gasteiger partial charge in [0.25, 0.3) is 0 Å². The van der Waals surface area contributed by atoms with Gasteiger partial charge in [-0.05, 0) is 60.8 Å². The van der Waals surface area contributed by atoms with Crippen LogP contribution in [-0.4, -0.2) is 29.5 Å². The van der Waals surface area contributed by atoms with Gasteiger partial charge in [-0.1, -0.05) is 94.1 Å². The van der Waals surface area contributed by atoms with Crippen LogP contribution in [0.1, 0.15) is 69.4 Å². The smallest absolute Gasteiger partial charge is 0.141 e. The number of likely N-dealkylation sites (tertiary alicyclic amines) is 1. The summed E-state index contributed by atoms with van der Waals surface area (Å²) in [7, 11) is 0. The summed E-state index contributed by atoms with van der Waals surface area (Å²) in [5.41, 5.74) is 5.11. The summed E-state index contributed by atoms with van der Waals surface area (Å²) in [6.45, 7) is 7.90. The summed E-state index contributed by atoms with van der Waals surface area (Å²) in [4.78, 5) is 6.06. The molecule has 1 aliphatic rings. The lowest BCUT2D eigenvalue weighted by Crippen LogP contribution is -2.34. The van der Waals surface area contributed by atoms with E-state index >= 15 is 0 Å². The first-order valence-electron chi connectivity index (χ1n) is 13.9. The van der Waals surface area contributed by atoms with E-state index in [1.54, 1.807) is 0 Å². The molecule has 0 atom stereocenters. The number of hydrogen-bond donors (Lipinski definition) is 1. The zero-order chi connectivity index (χ0) is 24.7. The molecule has 0 amide bonds. The van der Waals surface area contributed by atoms with E-state index in [1.807, 2.05) is 6.26 Å². The van der Waals surface area contributed by atoms with E-state index in [0.717, 1.165) is 18.5 Å². The highest BCUT2D eigenvalue weighted by molar-refractivity contribution is 6.05. The molecule has 1 aliphatic heterocycles. The zero-order valence-corrected chi connectivity index (χ0v) is 21.9. The van der Waals surface area contributed by atoms with Crippen molar-refractivity contribution in [1.29, 1.82) is 0 Å². The molecule has 188 valence electrons. The Balaban J connectivity index is 0.000000400. The summed E-state index contributed by atoms with van der Waals surface area (Å²) >= 11 is 0. The molecule has 1 saturated heterocycles. The van der Waals surface area contributed by atoms with E-state index in [2.05, 4.69) is 90.6 Å². The maximum absolute atomic E-state index is 5.99. The van der Waals surface area contributed by atoms with Crippen LogP contribution in [0, 0.1) is 0 Å². The number of fused-ring (bicyclic) bond motifs is 4. The molecule has 0 unspecified atom stereocenters. The largest absolute Gasteiger partial charge is 0.463 e. The molecular formula is C33H40N2O. The van der Waals surface area contributed by atoms with Gasteiger partial charge in [0.15, 0.2) is 0 Å². The van der Waals surface area contributed by atoms with E-state index in [9.17, 15) is 0 Å². The molecule has 1 fully saturated rings. The number of benzene rings is 3. The molecule has 0 radical (unpaired) electrons. The Kier molecular flexibility index (Phi) is 8.08. The van der Waals surface area contributed by atoms with Gasteiger partial charge in [0.2, 0.25) is 0 Å². The molecule has 36 heavy (non-hydrogen) atoms. The number of hydrogen-bond acceptors (Lipinski definition) is 2. The van der Waals surface area contributed by atoms with Gasteiger partial charge < -0.3 is 14.3 Å². The number of aromatic nitrogens is 1. The van der Waals surface area contributed by atoms with Crippen LogP contribution < -0.4 is 0 Å². The molecule has 3 nitrogen and oxygen atoms in total. The van der Waals surface area contributed by atoms with Crippen molar-refractivity contribution in [3.63, 3.8) is 0 Å². The van der Waals surface area contributed by atoms with Crippen molar-refractivity contribution in [2.24, 2.45) is 0 Å². The SMILES string of the molecule is CCCCCC.c1ccc2c(c1)ccc1c(CCN3CCC(c4c[nH]c5ccccc45)CC3)coc12. The van der Waals surface area contributed by atoms with E-state index in [1.165, 1.54) is 89.8 Å². The van der Waals surface area contributed by atoms with Crippen LogP contribution in [0.4, 0.5) is 0 Å². The maximum atomic E-state index is 5.99. The van der Waals surface area contributed by atoms with Gasteiger partial charge in [-0.25, -0.2) is 0 Å². The Morgan fingerprint density at radius 3 is 2.33 bits per heavy atom. The number of furan rings is 1. The van der Waals surface area contributed by atoms with Crippen molar-refractivity contribution in [3.05, 3.63) is 84.3 Å². The maximum Gasteiger partial charge on any atom is 0.141 e. The van der Waals surface area contributed by atoms with Gasteiger partial charge in [-0.15, -0.1) is 0 Å². The second-order valence-corrected chi connectivity index (χ2v) is 10.3. The standard InChI is InChI=1S/C27H26N2O.C6H14/c1-2-6-22-19(5-1)9-10-23-21(18-30-27(22)23)13-16-29-14-11-20(12-15-29)25-17-28-26-8-4-3-7-24(25)26;1-3-5-6-4-2/h1-10,17-18,20,28H,11-16H2;3-6H2,1-2H3. The van der Waals surface area contributed by atoms with Crippen molar-refractivity contribution in [1.82, 2.24) is 9.88 Å². The van der Waals surface area contributed by atoms with Gasteiger partial charge in [0.1, 0.15) is 5.58 Å². The highest BCUT2D eigenvalue weighted by Crippen LogP contribution is 2.34. The second kappa shape index (κ2) is 11.8. The summed E-state index contributed by atoms with van der Waals surface area (Å²) < 4.78 is 5.99. The van der Waals surface area contributed by atoms with Gasteiger partial charge in [0.05, 0.1) is 6.26 Å². The fourth-order valence-corrected chi connectivity index (χ4v) is 5.69. The number of unbranched alkanes of at least 4 members (excludes halogenated alkanes) is 3. The molecular weight excluding hydrogens is 440 g/mol. The molecule has 0 spiro atoms. The molecule has 0 saturated carbocycles. The molecule has 3 heterocycles. The van der Waals surface area contributed by atoms with Gasteiger partial charge in [-0.3, -0.25) is 0 Å². The molecule has 3 aromatic carbocycles. The summed E-state index contributed by atoms with van der Waals surface area (Å²) in [5, 5.41) is 5.11. The number of para-hydroxylation sites is 1. The van der Waals surface area contributed by atoms with Crippen LogP contribution in [0.5, 0.6) is 0 Å². The van der Waals surface area contributed by atoms with Crippen LogP contribution in [-0.2, 0) is 6.42 Å². The first kappa shape index (κ1) is 24.6. The minimum Gasteiger partial charge on any atom is -0.463 e. The molecule has 3 heteroatoms. The highest BCUT2D eigenvalue weighted by Gasteiger charge is 2.23. The van der Waals surface area contributed by atoms with E-state index in [-0.39, 0.29) is 0 Å². The number of nitrogens with zero attached hydrogens (tertiary/aromatic N) is 1. The Morgan fingerprint density at radius 1 is 0.833 bits per heavy atom. The number of aromatic amines is 1.